The minimum absolute atomic E-state index is 0.0381. The number of benzene rings is 2. The molecule has 17 heavy (non-hydrogen) atoms. The SMILES string of the molecule is CC(CN)C(=O)Nc1cccc2ccccc12. The van der Waals surface area contributed by atoms with Crippen LogP contribution in [0, 0.1) is 5.92 Å². The van der Waals surface area contributed by atoms with Gasteiger partial charge in [-0.15, -0.1) is 0 Å². The van der Waals surface area contributed by atoms with Gasteiger partial charge in [-0.3, -0.25) is 4.79 Å². The fraction of sp³-hybridized carbons (Fsp3) is 0.214. The van der Waals surface area contributed by atoms with Crippen LogP contribution in [0.3, 0.4) is 0 Å². The highest BCUT2D eigenvalue weighted by Crippen LogP contribution is 2.23. The molecule has 0 fully saturated rings. The fourth-order valence-corrected chi connectivity index (χ4v) is 1.70. The molecule has 0 heterocycles. The molecule has 0 aliphatic carbocycles. The van der Waals surface area contributed by atoms with E-state index in [1.807, 2.05) is 49.4 Å². The average molecular weight is 228 g/mol. The number of carbonyl (C=O) groups is 1. The van der Waals surface area contributed by atoms with Crippen LogP contribution in [0.1, 0.15) is 6.92 Å². The summed E-state index contributed by atoms with van der Waals surface area (Å²) in [6.07, 6.45) is 0. The Balaban J connectivity index is 2.33. The molecule has 2 aromatic rings. The quantitative estimate of drug-likeness (QED) is 0.847. The maximum atomic E-state index is 11.8. The van der Waals surface area contributed by atoms with Crippen molar-refractivity contribution < 1.29 is 4.79 Å². The number of nitrogens with one attached hydrogen (secondary N) is 1. The standard InChI is InChI=1S/C14H16N2O/c1-10(9-15)14(17)16-13-8-4-6-11-5-2-3-7-12(11)13/h2-8,10H,9,15H2,1H3,(H,16,17). The van der Waals surface area contributed by atoms with Gasteiger partial charge in [-0.1, -0.05) is 43.3 Å². The third kappa shape index (κ3) is 2.45. The van der Waals surface area contributed by atoms with E-state index in [1.54, 1.807) is 0 Å². The summed E-state index contributed by atoms with van der Waals surface area (Å²) >= 11 is 0. The zero-order chi connectivity index (χ0) is 12.3. The molecule has 1 unspecified atom stereocenters. The third-order valence-corrected chi connectivity index (χ3v) is 2.85. The highest BCUT2D eigenvalue weighted by molar-refractivity contribution is 6.02. The number of anilines is 1. The molecule has 0 aliphatic heterocycles. The van der Waals surface area contributed by atoms with E-state index in [9.17, 15) is 4.79 Å². The summed E-state index contributed by atoms with van der Waals surface area (Å²) in [5.74, 6) is -0.210. The van der Waals surface area contributed by atoms with Crippen molar-refractivity contribution >= 4 is 22.4 Å². The van der Waals surface area contributed by atoms with Crippen LogP contribution in [0.15, 0.2) is 42.5 Å². The first kappa shape index (κ1) is 11.6. The molecule has 88 valence electrons. The van der Waals surface area contributed by atoms with Gasteiger partial charge in [-0.25, -0.2) is 0 Å². The van der Waals surface area contributed by atoms with E-state index in [2.05, 4.69) is 5.32 Å². The minimum Gasteiger partial charge on any atom is -0.330 e. The second-order valence-electron chi connectivity index (χ2n) is 4.15. The number of carbonyl (C=O) groups excluding carboxylic acids is 1. The number of fused-ring (bicyclic) bond motifs is 1. The topological polar surface area (TPSA) is 55.1 Å². The summed E-state index contributed by atoms with van der Waals surface area (Å²) in [7, 11) is 0. The summed E-state index contributed by atoms with van der Waals surface area (Å²) in [6.45, 7) is 2.18. The Bertz CT molecular complexity index is 531. The van der Waals surface area contributed by atoms with Crippen LogP contribution in [0.4, 0.5) is 5.69 Å². The molecule has 3 N–H and O–H groups in total. The molecule has 0 bridgehead atoms. The molecular formula is C14H16N2O. The predicted molar refractivity (Wildman–Crippen MR) is 70.8 cm³/mol. The summed E-state index contributed by atoms with van der Waals surface area (Å²) in [4.78, 5) is 11.8. The van der Waals surface area contributed by atoms with E-state index < -0.39 is 0 Å². The van der Waals surface area contributed by atoms with Crippen LogP contribution in [0.25, 0.3) is 10.8 Å². The Morgan fingerprint density at radius 2 is 1.94 bits per heavy atom. The van der Waals surface area contributed by atoms with Crippen molar-refractivity contribution in [2.75, 3.05) is 11.9 Å². The molecule has 0 saturated heterocycles. The van der Waals surface area contributed by atoms with Crippen LogP contribution in [-0.2, 0) is 4.79 Å². The first-order valence-corrected chi connectivity index (χ1v) is 5.71. The molecule has 2 rings (SSSR count). The van der Waals surface area contributed by atoms with Crippen molar-refractivity contribution in [3.8, 4) is 0 Å². The third-order valence-electron chi connectivity index (χ3n) is 2.85. The largest absolute Gasteiger partial charge is 0.330 e. The summed E-state index contributed by atoms with van der Waals surface area (Å²) in [6, 6.07) is 13.8. The van der Waals surface area contributed by atoms with E-state index in [0.29, 0.717) is 6.54 Å². The van der Waals surface area contributed by atoms with Crippen molar-refractivity contribution in [3.05, 3.63) is 42.5 Å². The van der Waals surface area contributed by atoms with Gasteiger partial charge in [-0.2, -0.15) is 0 Å². The van der Waals surface area contributed by atoms with Gasteiger partial charge in [0.1, 0.15) is 0 Å². The van der Waals surface area contributed by atoms with Crippen LogP contribution < -0.4 is 11.1 Å². The normalized spacial score (nSPS) is 12.4. The number of hydrogen-bond acceptors (Lipinski definition) is 2. The first-order valence-electron chi connectivity index (χ1n) is 5.71. The number of nitrogens with two attached hydrogens (primary N) is 1. The van der Waals surface area contributed by atoms with Gasteiger partial charge in [0.25, 0.3) is 0 Å². The van der Waals surface area contributed by atoms with Crippen LogP contribution >= 0.6 is 0 Å². The molecule has 2 aromatic carbocycles. The monoisotopic (exact) mass is 228 g/mol. The molecule has 0 radical (unpaired) electrons. The number of hydrogen-bond donors (Lipinski definition) is 2. The van der Waals surface area contributed by atoms with E-state index >= 15 is 0 Å². The molecule has 3 nitrogen and oxygen atoms in total. The van der Waals surface area contributed by atoms with Crippen molar-refractivity contribution in [3.63, 3.8) is 0 Å². The molecule has 0 spiro atoms. The van der Waals surface area contributed by atoms with E-state index in [-0.39, 0.29) is 11.8 Å². The van der Waals surface area contributed by atoms with Gasteiger partial charge >= 0.3 is 0 Å². The molecule has 1 amide bonds. The fourth-order valence-electron chi connectivity index (χ4n) is 1.70. The lowest BCUT2D eigenvalue weighted by Gasteiger charge is -2.11. The molecule has 0 saturated carbocycles. The number of amides is 1. The van der Waals surface area contributed by atoms with Gasteiger partial charge in [0.05, 0.1) is 0 Å². The Labute approximate surface area is 101 Å². The van der Waals surface area contributed by atoms with Gasteiger partial charge < -0.3 is 11.1 Å². The van der Waals surface area contributed by atoms with E-state index in [0.717, 1.165) is 16.5 Å². The van der Waals surface area contributed by atoms with Gasteiger partial charge in [-0.05, 0) is 11.5 Å². The predicted octanol–water partition coefficient (Wildman–Crippen LogP) is 2.37. The zero-order valence-electron chi connectivity index (χ0n) is 9.81. The molecule has 3 heteroatoms. The van der Waals surface area contributed by atoms with Gasteiger partial charge in [0.2, 0.25) is 5.91 Å². The Kier molecular flexibility index (Phi) is 3.40. The lowest BCUT2D eigenvalue weighted by Crippen LogP contribution is -2.26. The second-order valence-corrected chi connectivity index (χ2v) is 4.15. The van der Waals surface area contributed by atoms with Crippen molar-refractivity contribution in [2.45, 2.75) is 6.92 Å². The molecular weight excluding hydrogens is 212 g/mol. The van der Waals surface area contributed by atoms with Crippen molar-refractivity contribution in [1.82, 2.24) is 0 Å². The molecule has 0 aliphatic rings. The highest BCUT2D eigenvalue weighted by atomic mass is 16.1. The summed E-state index contributed by atoms with van der Waals surface area (Å²) in [5, 5.41) is 5.08. The highest BCUT2D eigenvalue weighted by Gasteiger charge is 2.11. The molecule has 0 aromatic heterocycles. The Morgan fingerprint density at radius 3 is 2.71 bits per heavy atom. The van der Waals surface area contributed by atoms with Gasteiger partial charge in [0.15, 0.2) is 0 Å². The Hall–Kier alpha value is -1.87. The summed E-state index contributed by atoms with van der Waals surface area (Å²) < 4.78 is 0. The average Bonchev–Trinajstić information content (AvgIpc) is 2.38. The van der Waals surface area contributed by atoms with E-state index in [4.69, 9.17) is 5.73 Å². The van der Waals surface area contributed by atoms with Gasteiger partial charge in [0, 0.05) is 23.5 Å². The lowest BCUT2D eigenvalue weighted by molar-refractivity contribution is -0.119. The van der Waals surface area contributed by atoms with Crippen LogP contribution in [0.5, 0.6) is 0 Å². The maximum Gasteiger partial charge on any atom is 0.228 e. The first-order chi connectivity index (χ1) is 8.22. The van der Waals surface area contributed by atoms with Crippen molar-refractivity contribution in [1.29, 1.82) is 0 Å². The summed E-state index contributed by atoms with van der Waals surface area (Å²) in [5.41, 5.74) is 6.32. The van der Waals surface area contributed by atoms with Crippen molar-refractivity contribution in [2.24, 2.45) is 11.7 Å². The second kappa shape index (κ2) is 4.97. The zero-order valence-corrected chi connectivity index (χ0v) is 9.81. The van der Waals surface area contributed by atoms with Crippen LogP contribution in [-0.4, -0.2) is 12.5 Å². The van der Waals surface area contributed by atoms with Crippen LogP contribution in [0.2, 0.25) is 0 Å². The smallest absolute Gasteiger partial charge is 0.228 e. The minimum atomic E-state index is -0.172. The maximum absolute atomic E-state index is 11.8. The lowest BCUT2D eigenvalue weighted by atomic mass is 10.1. The van der Waals surface area contributed by atoms with E-state index in [1.165, 1.54) is 0 Å². The molecule has 1 atom stereocenters. The Morgan fingerprint density at radius 1 is 1.24 bits per heavy atom. The number of rotatable bonds is 3.